The van der Waals surface area contributed by atoms with Crippen molar-refractivity contribution in [3.8, 4) is 0 Å². The van der Waals surface area contributed by atoms with E-state index in [2.05, 4.69) is 17.3 Å². The van der Waals surface area contributed by atoms with E-state index in [4.69, 9.17) is 0 Å². The summed E-state index contributed by atoms with van der Waals surface area (Å²) >= 11 is 0. The molecule has 1 amide bonds. The molecule has 0 bridgehead atoms. The van der Waals surface area contributed by atoms with Gasteiger partial charge in [-0.25, -0.2) is 8.42 Å². The molecule has 1 aliphatic heterocycles. The van der Waals surface area contributed by atoms with E-state index >= 15 is 0 Å². The fraction of sp³-hybridized carbons (Fsp3) is 0.611. The minimum atomic E-state index is -3.64. The predicted octanol–water partition coefficient (Wildman–Crippen LogP) is 1.46. The molecule has 7 heteroatoms. The highest BCUT2D eigenvalue weighted by Gasteiger charge is 2.23. The fourth-order valence-corrected chi connectivity index (χ4v) is 4.13. The molecule has 0 unspecified atom stereocenters. The largest absolute Gasteiger partial charge is 0.355 e. The molecule has 140 valence electrons. The summed E-state index contributed by atoms with van der Waals surface area (Å²) in [6.45, 7) is 4.56. The highest BCUT2D eigenvalue weighted by Crippen LogP contribution is 2.18. The minimum absolute atomic E-state index is 0.163. The number of likely N-dealkylation sites (tertiary alicyclic amines) is 1. The zero-order chi connectivity index (χ0) is 18.4. The monoisotopic (exact) mass is 367 g/mol. The van der Waals surface area contributed by atoms with Gasteiger partial charge in [0.1, 0.15) is 0 Å². The second-order valence-corrected chi connectivity index (χ2v) is 9.00. The lowest BCUT2D eigenvalue weighted by Crippen LogP contribution is -2.39. The van der Waals surface area contributed by atoms with E-state index in [9.17, 15) is 13.2 Å². The number of sulfonamides is 1. The summed E-state index contributed by atoms with van der Waals surface area (Å²) in [5, 5.41) is 2.85. The van der Waals surface area contributed by atoms with Crippen LogP contribution < -0.4 is 5.32 Å². The summed E-state index contributed by atoms with van der Waals surface area (Å²) in [5.74, 6) is 0.386. The van der Waals surface area contributed by atoms with Crippen LogP contribution in [0.3, 0.4) is 0 Å². The molecule has 0 aliphatic carbocycles. The van der Waals surface area contributed by atoms with Crippen LogP contribution in [0.1, 0.15) is 24.8 Å². The van der Waals surface area contributed by atoms with Gasteiger partial charge in [-0.05, 0) is 64.4 Å². The molecular weight excluding hydrogens is 338 g/mol. The number of piperidine rings is 1. The van der Waals surface area contributed by atoms with E-state index in [1.165, 1.54) is 7.05 Å². The lowest BCUT2D eigenvalue weighted by molar-refractivity contribution is -0.121. The van der Waals surface area contributed by atoms with Crippen molar-refractivity contribution in [2.45, 2.75) is 31.1 Å². The molecular formula is C18H29N3O3S. The van der Waals surface area contributed by atoms with Gasteiger partial charge in [-0.15, -0.1) is 0 Å². The van der Waals surface area contributed by atoms with Crippen LogP contribution in [0.5, 0.6) is 0 Å². The smallest absolute Gasteiger partial charge is 0.243 e. The number of rotatable bonds is 7. The lowest BCUT2D eigenvalue weighted by Gasteiger charge is -2.28. The van der Waals surface area contributed by atoms with Crippen molar-refractivity contribution in [1.82, 2.24) is 14.5 Å². The molecule has 6 nitrogen and oxygen atoms in total. The van der Waals surface area contributed by atoms with Gasteiger partial charge in [-0.3, -0.25) is 4.79 Å². The third-order valence-corrected chi connectivity index (χ3v) is 6.63. The van der Waals surface area contributed by atoms with E-state index in [0.717, 1.165) is 42.2 Å². The zero-order valence-electron chi connectivity index (χ0n) is 15.4. The molecule has 0 spiro atoms. The Balaban J connectivity index is 1.78. The van der Waals surface area contributed by atoms with Gasteiger partial charge in [0.05, 0.1) is 11.4 Å². The summed E-state index contributed by atoms with van der Waals surface area (Å²) in [4.78, 5) is 14.6. The van der Waals surface area contributed by atoms with E-state index in [1.807, 2.05) is 6.92 Å². The van der Waals surface area contributed by atoms with Crippen molar-refractivity contribution in [2.75, 3.05) is 40.3 Å². The summed E-state index contributed by atoms with van der Waals surface area (Å²) in [5.41, 5.74) is 0.994. The molecule has 1 aromatic rings. The number of carbonyl (C=O) groups is 1. The average molecular weight is 368 g/mol. The van der Waals surface area contributed by atoms with Gasteiger partial charge in [-0.2, -0.15) is 4.31 Å². The Hall–Kier alpha value is -1.44. The van der Waals surface area contributed by atoms with Crippen molar-refractivity contribution in [1.29, 1.82) is 0 Å². The number of amides is 1. The maximum atomic E-state index is 12.5. The first kappa shape index (κ1) is 19.9. The van der Waals surface area contributed by atoms with Gasteiger partial charge in [0, 0.05) is 13.6 Å². The number of aryl methyl sites for hydroxylation is 1. The second kappa shape index (κ2) is 8.78. The fourth-order valence-electron chi connectivity index (χ4n) is 3.00. The van der Waals surface area contributed by atoms with Crippen LogP contribution >= 0.6 is 0 Å². The third kappa shape index (κ3) is 5.80. The van der Waals surface area contributed by atoms with Crippen molar-refractivity contribution in [3.63, 3.8) is 0 Å². The lowest BCUT2D eigenvalue weighted by atomic mass is 9.94. The van der Waals surface area contributed by atoms with Gasteiger partial charge in [0.2, 0.25) is 15.9 Å². The minimum Gasteiger partial charge on any atom is -0.355 e. The SMILES string of the molecule is Cc1ccc(S(=O)(=O)N(C)CC(=O)NCCC2CCN(C)CC2)cc1. The van der Waals surface area contributed by atoms with Crippen molar-refractivity contribution >= 4 is 15.9 Å². The van der Waals surface area contributed by atoms with Crippen LogP contribution in [-0.4, -0.2) is 63.8 Å². The molecule has 0 radical (unpaired) electrons. The van der Waals surface area contributed by atoms with Gasteiger partial charge in [0.25, 0.3) is 0 Å². The number of hydrogen-bond donors (Lipinski definition) is 1. The summed E-state index contributed by atoms with van der Waals surface area (Å²) in [6, 6.07) is 6.64. The van der Waals surface area contributed by atoms with Gasteiger partial charge < -0.3 is 10.2 Å². The molecule has 1 N–H and O–H groups in total. The molecule has 1 aromatic carbocycles. The normalized spacial score (nSPS) is 17.0. The predicted molar refractivity (Wildman–Crippen MR) is 98.8 cm³/mol. The van der Waals surface area contributed by atoms with Crippen LogP contribution in [0, 0.1) is 12.8 Å². The summed E-state index contributed by atoms with van der Waals surface area (Å²) in [7, 11) is -0.0719. The first-order valence-corrected chi connectivity index (χ1v) is 10.2. The second-order valence-electron chi connectivity index (χ2n) is 6.96. The Kier molecular flexibility index (Phi) is 6.98. The number of nitrogens with one attached hydrogen (secondary N) is 1. The Labute approximate surface area is 151 Å². The van der Waals surface area contributed by atoms with Crippen LogP contribution in [0.4, 0.5) is 0 Å². The Morgan fingerprint density at radius 1 is 1.24 bits per heavy atom. The van der Waals surface area contributed by atoms with E-state index < -0.39 is 10.0 Å². The Morgan fingerprint density at radius 2 is 1.84 bits per heavy atom. The Morgan fingerprint density at radius 3 is 2.44 bits per heavy atom. The van der Waals surface area contributed by atoms with Crippen molar-refractivity contribution in [2.24, 2.45) is 5.92 Å². The molecule has 2 rings (SSSR count). The summed E-state index contributed by atoms with van der Waals surface area (Å²) < 4.78 is 26.0. The van der Waals surface area contributed by atoms with Crippen molar-refractivity contribution < 1.29 is 13.2 Å². The molecule has 25 heavy (non-hydrogen) atoms. The topological polar surface area (TPSA) is 69.7 Å². The standard InChI is InChI=1S/C18H29N3O3S/c1-15-4-6-17(7-5-15)25(23,24)21(3)14-18(22)19-11-8-16-9-12-20(2)13-10-16/h4-7,16H,8-14H2,1-3H3,(H,19,22). The zero-order valence-corrected chi connectivity index (χ0v) is 16.2. The van der Waals surface area contributed by atoms with Crippen LogP contribution in [0.25, 0.3) is 0 Å². The molecule has 0 atom stereocenters. The number of hydrogen-bond acceptors (Lipinski definition) is 4. The molecule has 0 saturated carbocycles. The average Bonchev–Trinajstić information content (AvgIpc) is 2.57. The number of benzene rings is 1. The maximum Gasteiger partial charge on any atom is 0.243 e. The molecule has 1 fully saturated rings. The summed E-state index contributed by atoms with van der Waals surface area (Å²) in [6.07, 6.45) is 3.27. The van der Waals surface area contributed by atoms with Gasteiger partial charge in [-0.1, -0.05) is 17.7 Å². The highest BCUT2D eigenvalue weighted by atomic mass is 32.2. The Bertz CT molecular complexity index is 665. The maximum absolute atomic E-state index is 12.5. The van der Waals surface area contributed by atoms with Gasteiger partial charge in [0.15, 0.2) is 0 Å². The van der Waals surface area contributed by atoms with Crippen LogP contribution in [0.2, 0.25) is 0 Å². The van der Waals surface area contributed by atoms with Crippen LogP contribution in [-0.2, 0) is 14.8 Å². The third-order valence-electron chi connectivity index (χ3n) is 4.81. The molecule has 1 saturated heterocycles. The van der Waals surface area contributed by atoms with Crippen molar-refractivity contribution in [3.05, 3.63) is 29.8 Å². The highest BCUT2D eigenvalue weighted by molar-refractivity contribution is 7.89. The quantitative estimate of drug-likeness (QED) is 0.792. The number of likely N-dealkylation sites (N-methyl/N-ethyl adjacent to an activating group) is 1. The van der Waals surface area contributed by atoms with E-state index in [-0.39, 0.29) is 17.3 Å². The molecule has 1 aliphatic rings. The molecule has 0 aromatic heterocycles. The molecule has 1 heterocycles. The van der Waals surface area contributed by atoms with Crippen LogP contribution in [0.15, 0.2) is 29.2 Å². The van der Waals surface area contributed by atoms with Gasteiger partial charge >= 0.3 is 0 Å². The van der Waals surface area contributed by atoms with E-state index in [0.29, 0.717) is 12.5 Å². The first-order chi connectivity index (χ1) is 11.8. The number of nitrogens with zero attached hydrogens (tertiary/aromatic N) is 2. The first-order valence-electron chi connectivity index (χ1n) is 8.77. The van der Waals surface area contributed by atoms with E-state index in [1.54, 1.807) is 24.3 Å². The number of carbonyl (C=O) groups excluding carboxylic acids is 1.